The number of amides is 1. The Morgan fingerprint density at radius 1 is 1.31 bits per heavy atom. The Balaban J connectivity index is 1.73. The molecule has 1 saturated carbocycles. The molecule has 1 heterocycles. The largest absolute Gasteiger partial charge is 0.373 e. The van der Waals surface area contributed by atoms with Crippen molar-refractivity contribution in [1.82, 2.24) is 10.2 Å². The monoisotopic (exact) mass is 351 g/mol. The summed E-state index contributed by atoms with van der Waals surface area (Å²) in [6, 6.07) is 12.2. The molecule has 2 fully saturated rings. The van der Waals surface area contributed by atoms with Crippen LogP contribution in [-0.4, -0.2) is 23.4 Å². The molecule has 3 rings (SSSR count). The van der Waals surface area contributed by atoms with Gasteiger partial charge >= 0.3 is 0 Å². The Morgan fingerprint density at radius 2 is 2.00 bits per heavy atom. The minimum atomic E-state index is -0.297. The zero-order chi connectivity index (χ0) is 18.9. The Labute approximate surface area is 156 Å². The van der Waals surface area contributed by atoms with Gasteiger partial charge in [-0.3, -0.25) is 4.79 Å². The molecule has 1 aromatic carbocycles. The average molecular weight is 351 g/mol. The molecule has 1 saturated heterocycles. The molecule has 138 valence electrons. The van der Waals surface area contributed by atoms with Crippen LogP contribution in [0.15, 0.2) is 42.1 Å². The third-order valence-corrected chi connectivity index (χ3v) is 5.76. The van der Waals surface area contributed by atoms with Crippen molar-refractivity contribution in [2.75, 3.05) is 6.54 Å². The Morgan fingerprint density at radius 3 is 2.65 bits per heavy atom. The van der Waals surface area contributed by atoms with Crippen molar-refractivity contribution in [3.05, 3.63) is 47.7 Å². The van der Waals surface area contributed by atoms with E-state index in [9.17, 15) is 10.1 Å². The molecular weight excluding hydrogens is 322 g/mol. The van der Waals surface area contributed by atoms with Crippen molar-refractivity contribution in [2.45, 2.75) is 59.0 Å². The third-order valence-electron chi connectivity index (χ3n) is 5.76. The van der Waals surface area contributed by atoms with E-state index < -0.39 is 0 Å². The molecule has 1 N–H and O–H groups in total. The van der Waals surface area contributed by atoms with Crippen LogP contribution >= 0.6 is 0 Å². The van der Waals surface area contributed by atoms with Crippen molar-refractivity contribution in [3.63, 3.8) is 0 Å². The highest BCUT2D eigenvalue weighted by molar-refractivity contribution is 5.97. The molecule has 0 aromatic heterocycles. The molecule has 1 amide bonds. The minimum absolute atomic E-state index is 0.130. The van der Waals surface area contributed by atoms with Crippen LogP contribution in [0.5, 0.6) is 0 Å². The van der Waals surface area contributed by atoms with Gasteiger partial charge < -0.3 is 10.2 Å². The maximum atomic E-state index is 12.6. The topological polar surface area (TPSA) is 56.1 Å². The highest BCUT2D eigenvalue weighted by Gasteiger charge is 2.48. The first kappa shape index (κ1) is 18.5. The van der Waals surface area contributed by atoms with E-state index in [1.165, 1.54) is 6.42 Å². The van der Waals surface area contributed by atoms with Crippen LogP contribution in [0.2, 0.25) is 0 Å². The third kappa shape index (κ3) is 3.93. The molecular formula is C22H29N3O. The quantitative estimate of drug-likeness (QED) is 0.654. The molecule has 2 aliphatic rings. The zero-order valence-corrected chi connectivity index (χ0v) is 16.2. The Bertz CT molecular complexity index is 746. The van der Waals surface area contributed by atoms with Gasteiger partial charge in [-0.25, -0.2) is 0 Å². The molecule has 2 bridgehead atoms. The van der Waals surface area contributed by atoms with Gasteiger partial charge in [0.25, 0.3) is 5.91 Å². The maximum absolute atomic E-state index is 12.6. The fourth-order valence-corrected chi connectivity index (χ4v) is 5.06. The number of nitrogens with one attached hydrogen (secondary N) is 1. The van der Waals surface area contributed by atoms with Crippen molar-refractivity contribution < 1.29 is 4.79 Å². The van der Waals surface area contributed by atoms with Crippen LogP contribution in [0.3, 0.4) is 0 Å². The number of hydrogen-bond donors (Lipinski definition) is 1. The van der Waals surface area contributed by atoms with E-state index in [-0.39, 0.29) is 22.9 Å². The van der Waals surface area contributed by atoms with E-state index >= 15 is 0 Å². The highest BCUT2D eigenvalue weighted by atomic mass is 16.1. The first-order chi connectivity index (χ1) is 12.2. The van der Waals surface area contributed by atoms with E-state index in [4.69, 9.17) is 0 Å². The summed E-state index contributed by atoms with van der Waals surface area (Å²) in [5.74, 6) is -0.297. The number of carbonyl (C=O) groups is 1. The molecule has 3 unspecified atom stereocenters. The summed E-state index contributed by atoms with van der Waals surface area (Å²) in [6.07, 6.45) is 5.25. The van der Waals surface area contributed by atoms with Crippen LogP contribution < -0.4 is 5.32 Å². The van der Waals surface area contributed by atoms with Crippen LogP contribution in [0, 0.1) is 22.2 Å². The van der Waals surface area contributed by atoms with E-state index in [0.29, 0.717) is 11.5 Å². The summed E-state index contributed by atoms with van der Waals surface area (Å²) in [5, 5.41) is 12.5. The van der Waals surface area contributed by atoms with Gasteiger partial charge in [0, 0.05) is 18.8 Å². The van der Waals surface area contributed by atoms with Gasteiger partial charge in [0.2, 0.25) is 0 Å². The van der Waals surface area contributed by atoms with E-state index in [0.717, 1.165) is 24.9 Å². The van der Waals surface area contributed by atoms with Crippen LogP contribution in [0.4, 0.5) is 0 Å². The predicted molar refractivity (Wildman–Crippen MR) is 103 cm³/mol. The van der Waals surface area contributed by atoms with Crippen molar-refractivity contribution in [3.8, 4) is 6.07 Å². The molecule has 0 spiro atoms. The minimum Gasteiger partial charge on any atom is -0.373 e. The molecule has 4 nitrogen and oxygen atoms in total. The molecule has 1 aliphatic heterocycles. The zero-order valence-electron chi connectivity index (χ0n) is 16.2. The first-order valence-electron chi connectivity index (χ1n) is 9.45. The van der Waals surface area contributed by atoms with Crippen molar-refractivity contribution in [2.24, 2.45) is 10.8 Å². The van der Waals surface area contributed by atoms with Gasteiger partial charge in [0.05, 0.1) is 6.04 Å². The second kappa shape index (κ2) is 6.79. The van der Waals surface area contributed by atoms with E-state index in [2.05, 4.69) is 37.1 Å². The number of benzene rings is 1. The number of rotatable bonds is 4. The lowest BCUT2D eigenvalue weighted by molar-refractivity contribution is -0.117. The number of nitriles is 1. The summed E-state index contributed by atoms with van der Waals surface area (Å²) in [5.41, 5.74) is 1.82. The second-order valence-electron chi connectivity index (χ2n) is 9.15. The summed E-state index contributed by atoms with van der Waals surface area (Å²) in [7, 11) is 0. The summed E-state index contributed by atoms with van der Waals surface area (Å²) in [6.45, 7) is 9.84. The number of nitrogens with zero attached hydrogens (tertiary/aromatic N) is 2. The Kier molecular flexibility index (Phi) is 4.84. The van der Waals surface area contributed by atoms with E-state index in [1.54, 1.807) is 6.20 Å². The fourth-order valence-electron chi connectivity index (χ4n) is 5.06. The summed E-state index contributed by atoms with van der Waals surface area (Å²) >= 11 is 0. The average Bonchev–Trinajstić information content (AvgIpc) is 2.81. The molecule has 1 aromatic rings. The molecule has 4 heteroatoms. The summed E-state index contributed by atoms with van der Waals surface area (Å²) < 4.78 is 0. The molecule has 0 radical (unpaired) electrons. The van der Waals surface area contributed by atoms with Gasteiger partial charge in [0.15, 0.2) is 0 Å². The normalized spacial score (nSPS) is 28.3. The lowest BCUT2D eigenvalue weighted by Crippen LogP contribution is -2.34. The fraction of sp³-hybridized carbons (Fsp3) is 0.545. The maximum Gasteiger partial charge on any atom is 0.263 e. The van der Waals surface area contributed by atoms with Crippen molar-refractivity contribution in [1.29, 1.82) is 5.26 Å². The second-order valence-corrected chi connectivity index (χ2v) is 9.15. The SMILES string of the molecule is CC(NC(=O)/C(C#N)=C\N1CC2(C)CC1CC(C)(C)C2)c1ccccc1. The van der Waals surface area contributed by atoms with Gasteiger partial charge in [0.1, 0.15) is 11.6 Å². The van der Waals surface area contributed by atoms with Gasteiger partial charge in [-0.15, -0.1) is 0 Å². The predicted octanol–water partition coefficient (Wildman–Crippen LogP) is 4.17. The standard InChI is InChI=1S/C22H29N3O/c1-16(17-8-6-5-7-9-17)24-20(26)18(12-23)13-25-15-22(4)11-19(25)10-21(2,3)14-22/h5-9,13,16,19H,10-11,14-15H2,1-4H3,(H,24,26)/b18-13-. The van der Waals surface area contributed by atoms with Crippen LogP contribution in [0.1, 0.15) is 58.6 Å². The summed E-state index contributed by atoms with van der Waals surface area (Å²) in [4.78, 5) is 14.9. The highest BCUT2D eigenvalue weighted by Crippen LogP contribution is 2.52. The Hall–Kier alpha value is -2.28. The van der Waals surface area contributed by atoms with Crippen LogP contribution in [-0.2, 0) is 4.79 Å². The molecule has 26 heavy (non-hydrogen) atoms. The van der Waals surface area contributed by atoms with E-state index in [1.807, 2.05) is 37.3 Å². The first-order valence-corrected chi connectivity index (χ1v) is 9.45. The van der Waals surface area contributed by atoms with Crippen LogP contribution in [0.25, 0.3) is 0 Å². The van der Waals surface area contributed by atoms with Gasteiger partial charge in [-0.2, -0.15) is 5.26 Å². The lowest BCUT2D eigenvalue weighted by Gasteiger charge is -2.39. The van der Waals surface area contributed by atoms with Crippen molar-refractivity contribution >= 4 is 5.91 Å². The molecule has 1 aliphatic carbocycles. The molecule has 3 atom stereocenters. The number of hydrogen-bond acceptors (Lipinski definition) is 3. The number of carbonyl (C=O) groups excluding carboxylic acids is 1. The number of fused-ring (bicyclic) bond motifs is 2. The lowest BCUT2D eigenvalue weighted by atomic mass is 9.65. The van der Waals surface area contributed by atoms with Gasteiger partial charge in [-0.05, 0) is 42.6 Å². The number of likely N-dealkylation sites (tertiary alicyclic amines) is 1. The van der Waals surface area contributed by atoms with Gasteiger partial charge in [-0.1, -0.05) is 51.1 Å². The smallest absolute Gasteiger partial charge is 0.263 e.